The second-order valence-electron chi connectivity index (χ2n) is 7.05. The van der Waals surface area contributed by atoms with Gasteiger partial charge in [0.2, 0.25) is 15.9 Å². The molecule has 0 spiro atoms. The number of likely N-dealkylation sites (N-methyl/N-ethyl adjacent to an activating group) is 1. The van der Waals surface area contributed by atoms with Crippen LogP contribution in [-0.2, 0) is 14.8 Å². The number of sulfonamides is 1. The molecule has 1 amide bonds. The molecule has 6 nitrogen and oxygen atoms in total. The van der Waals surface area contributed by atoms with Crippen molar-refractivity contribution >= 4 is 49.9 Å². The number of rotatable bonds is 7. The quantitative estimate of drug-likeness (QED) is 0.532. The molecule has 1 saturated heterocycles. The second kappa shape index (κ2) is 8.66. The number of para-hydroxylation sites is 1. The van der Waals surface area contributed by atoms with E-state index in [1.54, 1.807) is 52.4 Å². The van der Waals surface area contributed by atoms with E-state index in [0.717, 1.165) is 10.9 Å². The van der Waals surface area contributed by atoms with Gasteiger partial charge >= 0.3 is 0 Å². The summed E-state index contributed by atoms with van der Waals surface area (Å²) >= 11 is 3.21. The van der Waals surface area contributed by atoms with Crippen LogP contribution in [0.4, 0.5) is 0 Å². The number of aromatic nitrogens is 1. The summed E-state index contributed by atoms with van der Waals surface area (Å²) in [7, 11) is -3.74. The number of hydrogen-bond donors (Lipinski definition) is 0. The number of thiophene rings is 1. The van der Waals surface area contributed by atoms with Crippen LogP contribution in [0.2, 0.25) is 0 Å². The largest absolute Gasteiger partial charge is 0.324 e. The molecule has 4 rings (SSSR count). The number of carbonyl (C=O) groups excluding carboxylic acids is 1. The molecule has 0 N–H and O–H groups in total. The van der Waals surface area contributed by atoms with Crippen LogP contribution < -0.4 is 0 Å². The number of fused-ring (bicyclic) bond motifs is 1. The topological polar surface area (TPSA) is 70.6 Å². The molecule has 1 aromatic carbocycles. The summed E-state index contributed by atoms with van der Waals surface area (Å²) in [6.07, 6.45) is 1.60. The third-order valence-electron chi connectivity index (χ3n) is 5.23. The molecule has 1 aliphatic rings. The van der Waals surface area contributed by atoms with E-state index in [1.807, 2.05) is 42.8 Å². The molecule has 2 aromatic heterocycles. The minimum Gasteiger partial charge on any atom is -0.324 e. The van der Waals surface area contributed by atoms with Gasteiger partial charge in [0, 0.05) is 31.2 Å². The Labute approximate surface area is 185 Å². The normalized spacial score (nSPS) is 19.8. The van der Waals surface area contributed by atoms with Crippen molar-refractivity contribution in [1.29, 1.82) is 0 Å². The molecule has 3 aromatic rings. The summed E-state index contributed by atoms with van der Waals surface area (Å²) in [6.45, 7) is 4.63. The number of hydrogen-bond acceptors (Lipinski definition) is 6. The Balaban J connectivity index is 1.59. The molecule has 9 heteroatoms. The lowest BCUT2D eigenvalue weighted by molar-refractivity contribution is -0.129. The molecule has 3 heterocycles. The van der Waals surface area contributed by atoms with Gasteiger partial charge in [-0.15, -0.1) is 11.8 Å². The van der Waals surface area contributed by atoms with Crippen molar-refractivity contribution in [3.63, 3.8) is 0 Å². The maximum Gasteiger partial charge on any atom is 0.245 e. The minimum absolute atomic E-state index is 0.0523. The average molecular weight is 462 g/mol. The Kier molecular flexibility index (Phi) is 6.15. The summed E-state index contributed by atoms with van der Waals surface area (Å²) in [5, 5.41) is 4.62. The Hall–Kier alpha value is -1.94. The lowest BCUT2D eigenvalue weighted by atomic mass is 10.2. The van der Waals surface area contributed by atoms with Crippen molar-refractivity contribution in [3.05, 3.63) is 58.9 Å². The molecule has 0 saturated carbocycles. The number of nitrogens with zero attached hydrogens (tertiary/aromatic N) is 3. The van der Waals surface area contributed by atoms with Crippen molar-refractivity contribution in [2.75, 3.05) is 19.6 Å². The van der Waals surface area contributed by atoms with Crippen molar-refractivity contribution in [2.24, 2.45) is 0 Å². The van der Waals surface area contributed by atoms with Crippen LogP contribution in [0.3, 0.4) is 0 Å². The third-order valence-corrected chi connectivity index (χ3v) is 9.33. The first-order chi connectivity index (χ1) is 14.4. The van der Waals surface area contributed by atoms with Crippen LogP contribution in [0.25, 0.3) is 10.9 Å². The van der Waals surface area contributed by atoms with Crippen LogP contribution in [-0.4, -0.2) is 53.4 Å². The van der Waals surface area contributed by atoms with Crippen molar-refractivity contribution in [1.82, 2.24) is 14.2 Å². The van der Waals surface area contributed by atoms with Crippen molar-refractivity contribution < 1.29 is 13.2 Å². The molecular weight excluding hydrogens is 438 g/mol. The Bertz CT molecular complexity index is 1140. The smallest absolute Gasteiger partial charge is 0.245 e. The van der Waals surface area contributed by atoms with E-state index in [2.05, 4.69) is 4.98 Å². The zero-order valence-corrected chi connectivity index (χ0v) is 19.2. The van der Waals surface area contributed by atoms with E-state index in [1.165, 1.54) is 4.31 Å². The fraction of sp³-hybridized carbons (Fsp3) is 0.333. The van der Waals surface area contributed by atoms with Gasteiger partial charge < -0.3 is 4.90 Å². The highest BCUT2D eigenvalue weighted by Gasteiger charge is 2.39. The van der Waals surface area contributed by atoms with Crippen LogP contribution in [0.5, 0.6) is 0 Å². The zero-order valence-electron chi connectivity index (χ0n) is 16.8. The highest BCUT2D eigenvalue weighted by molar-refractivity contribution is 8.01. The predicted molar refractivity (Wildman–Crippen MR) is 122 cm³/mol. The Morgan fingerprint density at radius 3 is 2.73 bits per heavy atom. The van der Waals surface area contributed by atoms with Gasteiger partial charge in [0.25, 0.3) is 0 Å². The summed E-state index contributed by atoms with van der Waals surface area (Å²) in [5.41, 5.74) is 1.56. The van der Waals surface area contributed by atoms with E-state index in [-0.39, 0.29) is 28.0 Å². The first-order valence-corrected chi connectivity index (χ1v) is 13.1. The number of pyridine rings is 1. The van der Waals surface area contributed by atoms with Gasteiger partial charge in [-0.1, -0.05) is 25.1 Å². The Morgan fingerprint density at radius 2 is 2.00 bits per heavy atom. The number of benzene rings is 1. The lowest BCUT2D eigenvalue weighted by Gasteiger charge is -2.27. The van der Waals surface area contributed by atoms with Crippen LogP contribution in [0, 0.1) is 0 Å². The SMILES string of the molecule is CCN(CCN1C(=O)C(C)SC1c1ccsc1)S(=O)(=O)c1cccc2cccnc12. The monoisotopic (exact) mass is 461 g/mol. The van der Waals surface area contributed by atoms with E-state index >= 15 is 0 Å². The van der Waals surface area contributed by atoms with E-state index in [4.69, 9.17) is 0 Å². The standard InChI is InChI=1S/C21H23N3O3S3/c1-3-23(30(26,27)18-8-4-6-16-7-5-10-22-19(16)18)11-12-24-20(25)15(2)29-21(24)17-9-13-28-14-17/h4-10,13-15,21H,3,11-12H2,1-2H3. The third kappa shape index (κ3) is 3.87. The van der Waals surface area contributed by atoms with Gasteiger partial charge in [-0.3, -0.25) is 9.78 Å². The van der Waals surface area contributed by atoms with Gasteiger partial charge in [0.1, 0.15) is 10.3 Å². The second-order valence-corrected chi connectivity index (χ2v) is 11.2. The molecule has 0 aliphatic carbocycles. The van der Waals surface area contributed by atoms with Crippen molar-refractivity contribution in [3.8, 4) is 0 Å². The van der Waals surface area contributed by atoms with Crippen molar-refractivity contribution in [2.45, 2.75) is 29.4 Å². The molecule has 0 radical (unpaired) electrons. The van der Waals surface area contributed by atoms with Gasteiger partial charge in [0.15, 0.2) is 0 Å². The van der Waals surface area contributed by atoms with E-state index in [0.29, 0.717) is 18.6 Å². The molecule has 158 valence electrons. The number of carbonyl (C=O) groups is 1. The van der Waals surface area contributed by atoms with Crippen LogP contribution >= 0.6 is 23.1 Å². The first kappa shape index (κ1) is 21.3. The number of thioether (sulfide) groups is 1. The first-order valence-electron chi connectivity index (χ1n) is 9.75. The van der Waals surface area contributed by atoms with Crippen LogP contribution in [0.1, 0.15) is 24.8 Å². The highest BCUT2D eigenvalue weighted by Crippen LogP contribution is 2.43. The molecule has 2 unspecified atom stereocenters. The molecule has 1 fully saturated rings. The average Bonchev–Trinajstić information content (AvgIpc) is 3.37. The fourth-order valence-electron chi connectivity index (χ4n) is 3.67. The lowest BCUT2D eigenvalue weighted by Crippen LogP contribution is -2.40. The number of amides is 1. The summed E-state index contributed by atoms with van der Waals surface area (Å²) < 4.78 is 28.3. The van der Waals surface area contributed by atoms with Gasteiger partial charge in [-0.2, -0.15) is 15.6 Å². The van der Waals surface area contributed by atoms with E-state index < -0.39 is 10.0 Å². The van der Waals surface area contributed by atoms with Gasteiger partial charge in [-0.05, 0) is 41.4 Å². The summed E-state index contributed by atoms with van der Waals surface area (Å²) in [6, 6.07) is 10.9. The molecule has 1 aliphatic heterocycles. The van der Waals surface area contributed by atoms with Crippen LogP contribution in [0.15, 0.2) is 58.3 Å². The molecule has 30 heavy (non-hydrogen) atoms. The highest BCUT2D eigenvalue weighted by atomic mass is 32.2. The molecule has 0 bridgehead atoms. The molecular formula is C21H23N3O3S3. The maximum atomic E-state index is 13.4. The van der Waals surface area contributed by atoms with Gasteiger partial charge in [0.05, 0.1) is 10.8 Å². The minimum atomic E-state index is -3.74. The fourth-order valence-corrected chi connectivity index (χ4v) is 7.34. The molecule has 2 atom stereocenters. The Morgan fingerprint density at radius 1 is 1.20 bits per heavy atom. The zero-order chi connectivity index (χ0) is 21.3. The van der Waals surface area contributed by atoms with E-state index in [9.17, 15) is 13.2 Å². The predicted octanol–water partition coefficient (Wildman–Crippen LogP) is 3.97. The van der Waals surface area contributed by atoms with Gasteiger partial charge in [-0.25, -0.2) is 8.42 Å². The summed E-state index contributed by atoms with van der Waals surface area (Å²) in [4.78, 5) is 19.0. The maximum absolute atomic E-state index is 13.4. The summed E-state index contributed by atoms with van der Waals surface area (Å²) in [5.74, 6) is 0.0523.